The Balaban J connectivity index is 1.31. The third kappa shape index (κ3) is 6.26. The number of alkyl halides is 1. The lowest BCUT2D eigenvalue weighted by Crippen LogP contribution is -2.60. The summed E-state index contributed by atoms with van der Waals surface area (Å²) in [5.41, 5.74) is 19.4. The summed E-state index contributed by atoms with van der Waals surface area (Å²) in [6.45, 7) is -9.88. The van der Waals surface area contributed by atoms with Crippen LogP contribution in [0.25, 0.3) is 11.2 Å². The van der Waals surface area contributed by atoms with E-state index in [0.29, 0.717) is 0 Å². The fourth-order valence-corrected chi connectivity index (χ4v) is 9.68. The van der Waals surface area contributed by atoms with Crippen molar-refractivity contribution >= 4 is 83.8 Å². The van der Waals surface area contributed by atoms with Gasteiger partial charge < -0.3 is 35.9 Å². The number of hydrogen-bond donors (Lipinski definition) is 7. The Morgan fingerprint density at radius 1 is 1.29 bits per heavy atom. The van der Waals surface area contributed by atoms with Gasteiger partial charge in [-0.25, -0.2) is 34.0 Å². The summed E-state index contributed by atoms with van der Waals surface area (Å²) in [4.78, 5) is 37.7. The molecule has 9 N–H and O–H groups in total. The first-order valence-electron chi connectivity index (χ1n) is 12.9. The second-order valence-electron chi connectivity index (χ2n) is 9.96. The van der Waals surface area contributed by atoms with Crippen LogP contribution >= 0.6 is 37.5 Å². The van der Waals surface area contributed by atoms with Crippen LogP contribution in [-0.4, -0.2) is 96.0 Å². The molecule has 0 saturated carbocycles. The Kier molecular flexibility index (Phi) is 8.80. The van der Waals surface area contributed by atoms with Crippen molar-refractivity contribution in [1.82, 2.24) is 40.4 Å². The average molecular weight is 729 g/mol. The van der Waals surface area contributed by atoms with Crippen molar-refractivity contribution in [3.8, 4) is 0 Å². The Hall–Kier alpha value is -2.21. The molecule has 0 radical (unpaired) electrons. The summed E-state index contributed by atoms with van der Waals surface area (Å²) >= 11 is 10.6. The molecule has 20 nitrogen and oxygen atoms in total. The first-order valence-corrected chi connectivity index (χ1v) is 19.2. The number of aromatic nitrogens is 7. The van der Waals surface area contributed by atoms with Crippen LogP contribution in [0.3, 0.4) is 0 Å². The monoisotopic (exact) mass is 728 g/mol. The number of H-pyrrole nitrogens is 1. The number of ether oxygens (including phenoxy) is 1. The molecule has 3 aromatic heterocycles. The maximum atomic E-state index is 17.0. The Morgan fingerprint density at radius 3 is 2.82 bits per heavy atom. The van der Waals surface area contributed by atoms with E-state index in [0.717, 1.165) is 11.3 Å². The average Bonchev–Trinajstić information content (AvgIpc) is 3.64. The van der Waals surface area contributed by atoms with Gasteiger partial charge in [-0.2, -0.15) is 4.98 Å². The third-order valence-electron chi connectivity index (χ3n) is 7.05. The summed E-state index contributed by atoms with van der Waals surface area (Å²) in [5, 5.41) is 7.58. The van der Waals surface area contributed by atoms with Crippen LogP contribution in [0.1, 0.15) is 11.8 Å². The topological polar surface area (TPSA) is 279 Å². The summed E-state index contributed by atoms with van der Waals surface area (Å²) in [6, 6.07) is 0. The van der Waals surface area contributed by atoms with E-state index < -0.39 is 67.0 Å². The molecule has 2 bridgehead atoms. The zero-order valence-corrected chi connectivity index (χ0v) is 27.3. The minimum Gasteiger partial charge on any atom is -0.393 e. The molecule has 0 amide bonds. The Labute approximate surface area is 267 Å². The van der Waals surface area contributed by atoms with Gasteiger partial charge in [0.2, 0.25) is 11.7 Å². The van der Waals surface area contributed by atoms with Gasteiger partial charge in [0.25, 0.3) is 5.56 Å². The van der Waals surface area contributed by atoms with Crippen molar-refractivity contribution in [2.45, 2.75) is 41.1 Å². The number of rotatable bonds is 4. The molecule has 3 aliphatic heterocycles. The summed E-state index contributed by atoms with van der Waals surface area (Å²) in [5.74, 6) is -3.10. The minimum absolute atomic E-state index is 0.0574. The van der Waals surface area contributed by atoms with Gasteiger partial charge in [-0.05, 0) is 18.2 Å². The zero-order chi connectivity index (χ0) is 32.3. The van der Waals surface area contributed by atoms with Crippen LogP contribution in [0.2, 0.25) is 0 Å². The Bertz CT molecular complexity index is 1770. The standard InChI is InChI=1S/C19H27FN12O8P2S3/c1-24-32(14-10(21)13(22)25-6-26-14)19(20)5-36-9-4-38-41(34,43)39-8-2-7(3-37-42(35,44)40-12(9)19)45-17(8)31-15-11(29-30-31)16(33)28-18(23)27-15/h6-9,12,17,24H,2-5,21H2,1H3,(H,34,43)(H,35,44)(H2,22,25,26)(H3,23,27,28,33)/t7-,8+,9+,12+,17+,19+,41?,42?/m0/s1. The number of anilines is 4. The fraction of sp³-hybridized carbons (Fsp3) is 0.579. The van der Waals surface area contributed by atoms with E-state index in [4.69, 9.17) is 51.8 Å². The second kappa shape index (κ2) is 12.1. The van der Waals surface area contributed by atoms with Crippen molar-refractivity contribution in [3.05, 3.63) is 16.7 Å². The van der Waals surface area contributed by atoms with E-state index >= 15 is 4.39 Å². The van der Waals surface area contributed by atoms with Crippen molar-refractivity contribution in [2.75, 3.05) is 49.1 Å². The van der Waals surface area contributed by atoms with Crippen molar-refractivity contribution in [1.29, 1.82) is 0 Å². The molecule has 3 saturated heterocycles. The number of nitrogens with two attached hydrogens (primary N) is 3. The molecule has 3 aromatic rings. The van der Waals surface area contributed by atoms with Crippen molar-refractivity contribution in [3.63, 3.8) is 0 Å². The number of fused-ring (bicyclic) bond motifs is 4. The quantitative estimate of drug-likeness (QED) is 0.0795. The van der Waals surface area contributed by atoms with Gasteiger partial charge in [-0.3, -0.25) is 18.8 Å². The highest BCUT2D eigenvalue weighted by atomic mass is 32.7. The number of thioether (sulfide) groups is 1. The molecule has 3 aliphatic rings. The van der Waals surface area contributed by atoms with E-state index in [9.17, 15) is 14.3 Å². The first-order chi connectivity index (χ1) is 21.2. The summed E-state index contributed by atoms with van der Waals surface area (Å²) in [6.07, 6.45) is -2.70. The van der Waals surface area contributed by atoms with Crippen LogP contribution in [0.4, 0.5) is 27.7 Å². The highest BCUT2D eigenvalue weighted by Gasteiger charge is 2.59. The highest BCUT2D eigenvalue weighted by molar-refractivity contribution is 8.44. The number of hydrazine groups is 1. The van der Waals surface area contributed by atoms with Gasteiger partial charge in [0.1, 0.15) is 36.2 Å². The van der Waals surface area contributed by atoms with Crippen LogP contribution in [0.5, 0.6) is 0 Å². The van der Waals surface area contributed by atoms with Gasteiger partial charge in [0.15, 0.2) is 28.9 Å². The number of hydrogen-bond acceptors (Lipinski definition) is 19. The van der Waals surface area contributed by atoms with Crippen LogP contribution in [0.15, 0.2) is 11.1 Å². The van der Waals surface area contributed by atoms with Crippen LogP contribution in [-0.2, 0) is 39.2 Å². The molecule has 246 valence electrons. The van der Waals surface area contributed by atoms with Crippen molar-refractivity contribution < 1.29 is 36.7 Å². The molecule has 6 rings (SSSR count). The van der Waals surface area contributed by atoms with Crippen LogP contribution < -0.4 is 33.2 Å². The molecule has 0 aromatic carbocycles. The number of nitrogen functional groups attached to an aromatic ring is 3. The predicted molar refractivity (Wildman–Crippen MR) is 166 cm³/mol. The van der Waals surface area contributed by atoms with Gasteiger partial charge >= 0.3 is 13.5 Å². The van der Waals surface area contributed by atoms with Crippen molar-refractivity contribution in [2.24, 2.45) is 0 Å². The van der Waals surface area contributed by atoms with E-state index in [1.165, 1.54) is 23.5 Å². The number of thiol groups is 1. The van der Waals surface area contributed by atoms with Gasteiger partial charge in [0, 0.05) is 12.3 Å². The fourth-order valence-electron chi connectivity index (χ4n) is 5.08. The lowest BCUT2D eigenvalue weighted by molar-refractivity contribution is -0.00580. The van der Waals surface area contributed by atoms with Crippen LogP contribution in [0, 0.1) is 0 Å². The maximum absolute atomic E-state index is 17.0. The maximum Gasteiger partial charge on any atom is 0.386 e. The smallest absolute Gasteiger partial charge is 0.386 e. The van der Waals surface area contributed by atoms with E-state index in [1.54, 1.807) is 0 Å². The van der Waals surface area contributed by atoms with E-state index in [2.05, 4.69) is 47.9 Å². The minimum atomic E-state index is -4.33. The molecule has 45 heavy (non-hydrogen) atoms. The molecule has 2 unspecified atom stereocenters. The first kappa shape index (κ1) is 32.7. The lowest BCUT2D eigenvalue weighted by atomic mass is 10.1. The molecular weight excluding hydrogens is 701 g/mol. The molecule has 8 atom stereocenters. The molecule has 3 fully saturated rings. The molecule has 0 spiro atoms. The number of nitrogens with one attached hydrogen (secondary N) is 2. The molecular formula is C19H27FN12O8P2S3. The normalized spacial score (nSPS) is 35.8. The molecule has 0 aliphatic carbocycles. The largest absolute Gasteiger partial charge is 0.393 e. The highest BCUT2D eigenvalue weighted by Crippen LogP contribution is 2.60. The zero-order valence-electron chi connectivity index (χ0n) is 23.0. The number of nitrogens with zero attached hydrogens (tertiary/aromatic N) is 7. The molecule has 6 heterocycles. The molecule has 26 heteroatoms. The predicted octanol–water partition coefficient (Wildman–Crippen LogP) is -0.167. The summed E-state index contributed by atoms with van der Waals surface area (Å²) in [7, 11) is 1.38. The Morgan fingerprint density at radius 2 is 2.07 bits per heavy atom. The third-order valence-corrected chi connectivity index (χ3v) is 11.7. The lowest BCUT2D eigenvalue weighted by Gasteiger charge is -2.38. The van der Waals surface area contributed by atoms with E-state index in [-0.39, 0.29) is 47.5 Å². The number of aromatic amines is 1. The van der Waals surface area contributed by atoms with E-state index in [1.807, 2.05) is 0 Å². The second-order valence-corrected chi connectivity index (χ2v) is 17.1. The van der Waals surface area contributed by atoms with Gasteiger partial charge in [0.05, 0.1) is 13.2 Å². The van der Waals surface area contributed by atoms with Gasteiger partial charge in [-0.1, -0.05) is 17.5 Å². The van der Waals surface area contributed by atoms with Gasteiger partial charge in [-0.15, -0.1) is 16.9 Å². The summed E-state index contributed by atoms with van der Waals surface area (Å²) < 4.78 is 60.4. The SMILES string of the molecule is CNN(c1ncnc(N)c1N)[C@]1(F)CO[C@@H]2COP(O)(=S)O[C@@H]3C[C@@H](COP(=O)(S)O[C@H]21)S[C@H]3n1nnc2c(=O)[nH]c(N)nc21. The number of halogens is 1.